The first-order chi connectivity index (χ1) is 8.72. The molecular weight excluding hydrogens is 246 g/mol. The Hall–Kier alpha value is -1.49. The summed E-state index contributed by atoms with van der Waals surface area (Å²) in [7, 11) is 0. The average Bonchev–Trinajstić information content (AvgIpc) is 2.76. The molecule has 0 aliphatic heterocycles. The van der Waals surface area contributed by atoms with Gasteiger partial charge in [-0.05, 0) is 26.3 Å². The monoisotopic (exact) mass is 263 g/mol. The molecule has 0 unspecified atom stereocenters. The second-order valence-electron chi connectivity index (χ2n) is 4.02. The lowest BCUT2D eigenvalue weighted by molar-refractivity contribution is 0.527. The van der Waals surface area contributed by atoms with Gasteiger partial charge in [0.05, 0.1) is 11.2 Å². The Morgan fingerprint density at radius 2 is 2.17 bits per heavy atom. The fourth-order valence-corrected chi connectivity index (χ4v) is 2.42. The summed E-state index contributed by atoms with van der Waals surface area (Å²) in [6.07, 6.45) is 4.37. The fourth-order valence-electron chi connectivity index (χ4n) is 1.54. The normalized spacial score (nSPS) is 10.6. The Kier molecular flexibility index (Phi) is 4.25. The predicted octanol–water partition coefficient (Wildman–Crippen LogP) is 3.66. The third kappa shape index (κ3) is 2.85. The number of furan rings is 1. The van der Waals surface area contributed by atoms with Gasteiger partial charge in [0.15, 0.2) is 0 Å². The molecule has 0 amide bonds. The molecule has 0 fully saturated rings. The van der Waals surface area contributed by atoms with Gasteiger partial charge in [-0.1, -0.05) is 18.7 Å². The first-order valence-electron chi connectivity index (χ1n) is 5.99. The molecule has 0 saturated carbocycles. The van der Waals surface area contributed by atoms with Gasteiger partial charge >= 0.3 is 0 Å². The summed E-state index contributed by atoms with van der Waals surface area (Å²) in [6.45, 7) is 7.05. The van der Waals surface area contributed by atoms with Crippen LogP contribution in [0.15, 0.2) is 33.0 Å². The maximum Gasteiger partial charge on any atom is 0.133 e. The van der Waals surface area contributed by atoms with Crippen LogP contribution in [-0.2, 0) is 0 Å². The molecule has 5 heteroatoms. The summed E-state index contributed by atoms with van der Waals surface area (Å²) < 4.78 is 5.29. The minimum atomic E-state index is 0.912. The van der Waals surface area contributed by atoms with Crippen molar-refractivity contribution in [1.29, 1.82) is 0 Å². The Labute approximate surface area is 111 Å². The van der Waals surface area contributed by atoms with Gasteiger partial charge in [0.1, 0.15) is 22.9 Å². The van der Waals surface area contributed by atoms with E-state index in [-0.39, 0.29) is 0 Å². The van der Waals surface area contributed by atoms with Crippen LogP contribution >= 0.6 is 11.8 Å². The third-order valence-corrected chi connectivity index (χ3v) is 3.85. The second-order valence-corrected chi connectivity index (χ2v) is 5.05. The topological polar surface area (TPSA) is 51.0 Å². The van der Waals surface area contributed by atoms with Gasteiger partial charge in [-0.3, -0.25) is 0 Å². The number of aromatic nitrogens is 2. The molecule has 0 aliphatic rings. The van der Waals surface area contributed by atoms with Crippen LogP contribution in [0.1, 0.15) is 24.7 Å². The molecule has 0 saturated heterocycles. The Morgan fingerprint density at radius 1 is 1.33 bits per heavy atom. The molecule has 0 aromatic carbocycles. The van der Waals surface area contributed by atoms with Crippen molar-refractivity contribution < 1.29 is 4.42 Å². The van der Waals surface area contributed by atoms with Gasteiger partial charge in [-0.15, -0.1) is 0 Å². The molecule has 0 bridgehead atoms. The molecule has 0 atom stereocenters. The summed E-state index contributed by atoms with van der Waals surface area (Å²) in [5, 5.41) is 4.28. The van der Waals surface area contributed by atoms with E-state index in [1.807, 2.05) is 19.9 Å². The van der Waals surface area contributed by atoms with Crippen LogP contribution in [0, 0.1) is 13.8 Å². The smallest absolute Gasteiger partial charge is 0.133 e. The lowest BCUT2D eigenvalue weighted by Gasteiger charge is -2.09. The van der Waals surface area contributed by atoms with Crippen molar-refractivity contribution in [1.82, 2.24) is 9.97 Å². The van der Waals surface area contributed by atoms with Crippen molar-refractivity contribution in [3.63, 3.8) is 0 Å². The van der Waals surface area contributed by atoms with Crippen molar-refractivity contribution >= 4 is 17.6 Å². The highest BCUT2D eigenvalue weighted by atomic mass is 32.2. The lowest BCUT2D eigenvalue weighted by atomic mass is 10.3. The SMILES string of the molecule is CCCNc1ncnc(Sc2ccoc2C)c1C. The quantitative estimate of drug-likeness (QED) is 0.834. The number of hydrogen-bond acceptors (Lipinski definition) is 5. The van der Waals surface area contributed by atoms with Crippen LogP contribution in [0.4, 0.5) is 5.82 Å². The van der Waals surface area contributed by atoms with E-state index in [9.17, 15) is 0 Å². The maximum atomic E-state index is 5.29. The summed E-state index contributed by atoms with van der Waals surface area (Å²) in [5.74, 6) is 1.83. The Balaban J connectivity index is 2.21. The molecular formula is C13H17N3OS. The number of nitrogens with one attached hydrogen (secondary N) is 1. The van der Waals surface area contributed by atoms with Crippen LogP contribution in [0.3, 0.4) is 0 Å². The first kappa shape index (κ1) is 13.0. The van der Waals surface area contributed by atoms with E-state index in [4.69, 9.17) is 4.42 Å². The van der Waals surface area contributed by atoms with Gasteiger partial charge in [0.25, 0.3) is 0 Å². The number of aryl methyl sites for hydroxylation is 1. The highest BCUT2D eigenvalue weighted by Crippen LogP contribution is 2.32. The van der Waals surface area contributed by atoms with Crippen LogP contribution in [-0.4, -0.2) is 16.5 Å². The summed E-state index contributed by atoms with van der Waals surface area (Å²) in [5.41, 5.74) is 1.08. The van der Waals surface area contributed by atoms with Gasteiger partial charge in [0, 0.05) is 12.1 Å². The van der Waals surface area contributed by atoms with Crippen molar-refractivity contribution in [2.75, 3.05) is 11.9 Å². The molecule has 18 heavy (non-hydrogen) atoms. The molecule has 2 aromatic heterocycles. The zero-order valence-electron chi connectivity index (χ0n) is 10.9. The zero-order chi connectivity index (χ0) is 13.0. The van der Waals surface area contributed by atoms with Crippen LogP contribution in [0.5, 0.6) is 0 Å². The molecule has 0 spiro atoms. The number of rotatable bonds is 5. The van der Waals surface area contributed by atoms with E-state index in [1.165, 1.54) is 0 Å². The van der Waals surface area contributed by atoms with Crippen LogP contribution < -0.4 is 5.32 Å². The molecule has 2 rings (SSSR count). The van der Waals surface area contributed by atoms with Crippen molar-refractivity contribution in [3.8, 4) is 0 Å². The van der Waals surface area contributed by atoms with Gasteiger partial charge in [-0.25, -0.2) is 9.97 Å². The standard InChI is InChI=1S/C13H17N3OS/c1-4-6-14-12-9(2)13(16-8-15-12)18-11-5-7-17-10(11)3/h5,7-8H,4,6H2,1-3H3,(H,14,15,16). The molecule has 2 heterocycles. The minimum absolute atomic E-state index is 0.912. The zero-order valence-corrected chi connectivity index (χ0v) is 11.7. The van der Waals surface area contributed by atoms with Crippen LogP contribution in [0.2, 0.25) is 0 Å². The van der Waals surface area contributed by atoms with E-state index in [2.05, 4.69) is 22.2 Å². The van der Waals surface area contributed by atoms with Crippen LogP contribution in [0.25, 0.3) is 0 Å². The minimum Gasteiger partial charge on any atom is -0.468 e. The van der Waals surface area contributed by atoms with Gasteiger partial charge in [-0.2, -0.15) is 0 Å². The summed E-state index contributed by atoms with van der Waals surface area (Å²) >= 11 is 1.61. The van der Waals surface area contributed by atoms with E-state index in [0.717, 1.165) is 40.0 Å². The summed E-state index contributed by atoms with van der Waals surface area (Å²) in [4.78, 5) is 9.70. The molecule has 1 N–H and O–H groups in total. The number of anilines is 1. The third-order valence-electron chi connectivity index (χ3n) is 2.60. The van der Waals surface area contributed by atoms with E-state index < -0.39 is 0 Å². The largest absolute Gasteiger partial charge is 0.468 e. The predicted molar refractivity (Wildman–Crippen MR) is 73.1 cm³/mol. The van der Waals surface area contributed by atoms with Crippen molar-refractivity contribution in [2.24, 2.45) is 0 Å². The molecule has 0 aliphatic carbocycles. The Bertz CT molecular complexity index is 525. The lowest BCUT2D eigenvalue weighted by Crippen LogP contribution is -2.05. The molecule has 4 nitrogen and oxygen atoms in total. The summed E-state index contributed by atoms with van der Waals surface area (Å²) in [6, 6.07) is 1.96. The van der Waals surface area contributed by atoms with Crippen molar-refractivity contribution in [2.45, 2.75) is 37.1 Å². The van der Waals surface area contributed by atoms with E-state index in [0.29, 0.717) is 0 Å². The van der Waals surface area contributed by atoms with Gasteiger partial charge in [0.2, 0.25) is 0 Å². The van der Waals surface area contributed by atoms with Crippen molar-refractivity contribution in [3.05, 3.63) is 30.0 Å². The molecule has 0 radical (unpaired) electrons. The highest BCUT2D eigenvalue weighted by Gasteiger charge is 2.10. The second kappa shape index (κ2) is 5.91. The fraction of sp³-hybridized carbons (Fsp3) is 0.385. The Morgan fingerprint density at radius 3 is 2.83 bits per heavy atom. The first-order valence-corrected chi connectivity index (χ1v) is 6.81. The highest BCUT2D eigenvalue weighted by molar-refractivity contribution is 7.99. The number of nitrogens with zero attached hydrogens (tertiary/aromatic N) is 2. The van der Waals surface area contributed by atoms with E-state index >= 15 is 0 Å². The average molecular weight is 263 g/mol. The number of hydrogen-bond donors (Lipinski definition) is 1. The van der Waals surface area contributed by atoms with E-state index in [1.54, 1.807) is 24.4 Å². The van der Waals surface area contributed by atoms with Gasteiger partial charge < -0.3 is 9.73 Å². The maximum absolute atomic E-state index is 5.29. The molecule has 96 valence electrons. The molecule has 2 aromatic rings.